The normalized spacial score (nSPS) is 11.0. The number of pyridine rings is 1. The van der Waals surface area contributed by atoms with Gasteiger partial charge in [0.25, 0.3) is 5.56 Å². The molecule has 0 radical (unpaired) electrons. The average Bonchev–Trinajstić information content (AvgIpc) is 2.67. The number of aromatic amines is 1. The van der Waals surface area contributed by atoms with Gasteiger partial charge in [0.15, 0.2) is 0 Å². The molecule has 0 atom stereocenters. The van der Waals surface area contributed by atoms with Gasteiger partial charge in [0, 0.05) is 22.3 Å². The molecule has 3 rings (SSSR count). The van der Waals surface area contributed by atoms with E-state index in [0.717, 1.165) is 11.0 Å². The van der Waals surface area contributed by atoms with Crippen molar-refractivity contribution in [3.8, 4) is 23.1 Å². The van der Waals surface area contributed by atoms with Crippen LogP contribution < -0.4 is 10.5 Å². The third kappa shape index (κ3) is 4.09. The summed E-state index contributed by atoms with van der Waals surface area (Å²) in [6.07, 6.45) is -5.81. The molecule has 1 amide bonds. The molecule has 148 valence electrons. The summed E-state index contributed by atoms with van der Waals surface area (Å²) in [6.45, 7) is 1.50. The summed E-state index contributed by atoms with van der Waals surface area (Å²) in [7, 11) is 0. The summed E-state index contributed by atoms with van der Waals surface area (Å²) in [6, 6.07) is 10.7. The maximum atomic E-state index is 13.3. The van der Waals surface area contributed by atoms with Crippen LogP contribution in [0.15, 0.2) is 53.3 Å². The number of amides is 1. The monoisotopic (exact) mass is 400 g/mol. The second-order valence-corrected chi connectivity index (χ2v) is 6.12. The molecule has 1 heterocycles. The second-order valence-electron chi connectivity index (χ2n) is 6.12. The van der Waals surface area contributed by atoms with E-state index in [4.69, 9.17) is 0 Å². The van der Waals surface area contributed by atoms with Gasteiger partial charge in [-0.3, -0.25) is 9.69 Å². The van der Waals surface area contributed by atoms with Gasteiger partial charge in [0.05, 0.1) is 12.1 Å². The van der Waals surface area contributed by atoms with Crippen LogP contribution in [0.2, 0.25) is 0 Å². The number of hydrogen-bond donors (Lipinski definition) is 2. The first-order chi connectivity index (χ1) is 13.7. The van der Waals surface area contributed by atoms with Gasteiger partial charge in [-0.05, 0) is 36.6 Å². The lowest BCUT2D eigenvalue weighted by Crippen LogP contribution is -2.29. The Morgan fingerprint density at radius 2 is 1.90 bits per heavy atom. The smallest absolute Gasteiger partial charge is 0.417 e. The molecule has 2 N–H and O–H groups in total. The maximum absolute atomic E-state index is 13.3. The molecule has 0 unspecified atom stereocenters. The van der Waals surface area contributed by atoms with Crippen molar-refractivity contribution in [3.63, 3.8) is 0 Å². The van der Waals surface area contributed by atoms with E-state index in [0.29, 0.717) is 5.39 Å². The molecule has 29 heavy (non-hydrogen) atoms. The largest absolute Gasteiger partial charge is 0.465 e. The minimum Gasteiger partial charge on any atom is -0.465 e. The molecule has 0 aliphatic rings. The third-order valence-corrected chi connectivity index (χ3v) is 4.31. The summed E-state index contributed by atoms with van der Waals surface area (Å²) in [5, 5.41) is 9.90. The van der Waals surface area contributed by atoms with E-state index in [2.05, 4.69) is 16.8 Å². The van der Waals surface area contributed by atoms with Crippen molar-refractivity contribution in [2.75, 3.05) is 11.4 Å². The predicted octanol–water partition coefficient (Wildman–Crippen LogP) is 4.72. The highest BCUT2D eigenvalue weighted by Crippen LogP contribution is 2.36. The molecule has 0 spiro atoms. The molecular weight excluding hydrogens is 385 g/mol. The van der Waals surface area contributed by atoms with Crippen molar-refractivity contribution in [2.45, 2.75) is 13.1 Å². The van der Waals surface area contributed by atoms with E-state index in [1.54, 1.807) is 6.92 Å². The van der Waals surface area contributed by atoms with E-state index >= 15 is 0 Å². The van der Waals surface area contributed by atoms with E-state index in [9.17, 15) is 27.9 Å². The number of aromatic nitrogens is 1. The number of carbonyl (C=O) groups is 1. The zero-order valence-corrected chi connectivity index (χ0v) is 15.2. The fourth-order valence-electron chi connectivity index (χ4n) is 2.95. The highest BCUT2D eigenvalue weighted by Gasteiger charge is 2.33. The molecular formula is C21H15F3N2O3. The first-order valence-electron chi connectivity index (χ1n) is 8.46. The Morgan fingerprint density at radius 3 is 2.55 bits per heavy atom. The Labute approximate surface area is 163 Å². The molecule has 2 aromatic carbocycles. The quantitative estimate of drug-likeness (QED) is 0.625. The van der Waals surface area contributed by atoms with Crippen molar-refractivity contribution >= 4 is 22.6 Å². The molecule has 0 aliphatic carbocycles. The molecule has 1 aromatic heterocycles. The summed E-state index contributed by atoms with van der Waals surface area (Å²) >= 11 is 0. The van der Waals surface area contributed by atoms with E-state index < -0.39 is 23.4 Å². The zero-order chi connectivity index (χ0) is 21.2. The van der Waals surface area contributed by atoms with Crippen molar-refractivity contribution in [3.05, 3.63) is 64.4 Å². The lowest BCUT2D eigenvalue weighted by molar-refractivity contribution is -0.137. The molecule has 0 aliphatic heterocycles. The molecule has 0 saturated carbocycles. The van der Waals surface area contributed by atoms with Crippen LogP contribution in [0.25, 0.3) is 22.0 Å². The number of rotatable bonds is 3. The lowest BCUT2D eigenvalue weighted by atomic mass is 10.0. The highest BCUT2D eigenvalue weighted by atomic mass is 19.4. The number of carboxylic acid groups (broad SMARTS) is 1. The van der Waals surface area contributed by atoms with Crippen LogP contribution in [-0.2, 0) is 6.18 Å². The third-order valence-electron chi connectivity index (χ3n) is 4.31. The number of anilines is 1. The Kier molecular flexibility index (Phi) is 5.33. The topological polar surface area (TPSA) is 73.4 Å². The number of alkyl halides is 3. The molecule has 0 fully saturated rings. The maximum Gasteiger partial charge on any atom is 0.417 e. The van der Waals surface area contributed by atoms with Crippen LogP contribution in [0, 0.1) is 11.8 Å². The Balaban J connectivity index is 2.14. The Morgan fingerprint density at radius 1 is 1.17 bits per heavy atom. The number of H-pyrrole nitrogens is 1. The standard InChI is InChI=1S/C21H15F3N2O3/c1-2-3-10-26(20(28)29)14-9-8-13-11-18(25-19(27)16(13)12-14)15-6-4-5-7-17(15)21(22,23)24/h4-9,11-12H,10H2,1H3,(H,25,27)(H,28,29). The fourth-order valence-corrected chi connectivity index (χ4v) is 2.95. The first-order valence-corrected chi connectivity index (χ1v) is 8.46. The SMILES string of the molecule is CC#CCN(C(=O)O)c1ccc2cc(-c3ccccc3C(F)(F)F)[nH]c(=O)c2c1. The number of nitrogens with zero attached hydrogens (tertiary/aromatic N) is 1. The number of halogens is 3. The van der Waals surface area contributed by atoms with E-state index in [1.807, 2.05) is 0 Å². The van der Waals surface area contributed by atoms with Crippen LogP contribution in [0.4, 0.5) is 23.7 Å². The molecule has 0 saturated heterocycles. The average molecular weight is 400 g/mol. The molecule has 5 nitrogen and oxygen atoms in total. The fraction of sp³-hybridized carbons (Fsp3) is 0.143. The summed E-state index contributed by atoms with van der Waals surface area (Å²) in [5.74, 6) is 5.24. The van der Waals surface area contributed by atoms with Crippen LogP contribution in [-0.4, -0.2) is 22.7 Å². The Bertz CT molecular complexity index is 1200. The first kappa shape index (κ1) is 20.0. The minimum absolute atomic E-state index is 0.0233. The van der Waals surface area contributed by atoms with Gasteiger partial charge >= 0.3 is 12.3 Å². The van der Waals surface area contributed by atoms with Gasteiger partial charge in [-0.15, -0.1) is 5.92 Å². The Hall–Kier alpha value is -3.73. The summed E-state index contributed by atoms with van der Waals surface area (Å²) in [5.41, 5.74) is -1.37. The van der Waals surface area contributed by atoms with Gasteiger partial charge in [-0.1, -0.05) is 30.2 Å². The van der Waals surface area contributed by atoms with Gasteiger partial charge < -0.3 is 10.1 Å². The van der Waals surface area contributed by atoms with Crippen LogP contribution in [0.3, 0.4) is 0 Å². The van der Waals surface area contributed by atoms with Gasteiger partial charge in [0.1, 0.15) is 0 Å². The van der Waals surface area contributed by atoms with E-state index in [1.165, 1.54) is 42.5 Å². The highest BCUT2D eigenvalue weighted by molar-refractivity contribution is 5.93. The second kappa shape index (κ2) is 7.72. The van der Waals surface area contributed by atoms with Crippen LogP contribution >= 0.6 is 0 Å². The summed E-state index contributed by atoms with van der Waals surface area (Å²) in [4.78, 5) is 27.5. The number of benzene rings is 2. The zero-order valence-electron chi connectivity index (χ0n) is 15.2. The minimum atomic E-state index is -4.57. The van der Waals surface area contributed by atoms with Crippen molar-refractivity contribution < 1.29 is 23.1 Å². The number of hydrogen-bond acceptors (Lipinski definition) is 2. The molecule has 3 aromatic rings. The predicted molar refractivity (Wildman–Crippen MR) is 104 cm³/mol. The van der Waals surface area contributed by atoms with Crippen molar-refractivity contribution in [1.29, 1.82) is 0 Å². The van der Waals surface area contributed by atoms with Gasteiger partial charge in [-0.25, -0.2) is 4.79 Å². The van der Waals surface area contributed by atoms with Gasteiger partial charge in [0.2, 0.25) is 0 Å². The lowest BCUT2D eigenvalue weighted by Gasteiger charge is -2.17. The van der Waals surface area contributed by atoms with Crippen molar-refractivity contribution in [1.82, 2.24) is 4.98 Å². The van der Waals surface area contributed by atoms with Crippen LogP contribution in [0.1, 0.15) is 12.5 Å². The van der Waals surface area contributed by atoms with Crippen LogP contribution in [0.5, 0.6) is 0 Å². The summed E-state index contributed by atoms with van der Waals surface area (Å²) < 4.78 is 39.9. The molecule has 0 bridgehead atoms. The van der Waals surface area contributed by atoms with Gasteiger partial charge in [-0.2, -0.15) is 13.2 Å². The van der Waals surface area contributed by atoms with Crippen molar-refractivity contribution in [2.24, 2.45) is 0 Å². The number of nitrogens with one attached hydrogen (secondary N) is 1. The molecule has 8 heteroatoms. The number of fused-ring (bicyclic) bond motifs is 1. The van der Waals surface area contributed by atoms with E-state index in [-0.39, 0.29) is 28.9 Å².